The fraction of sp³-hybridized carbons (Fsp3) is 0.471. The van der Waals surface area contributed by atoms with Crippen molar-refractivity contribution < 1.29 is 34.7 Å². The molecule has 1 saturated heterocycles. The smallest absolute Gasteiger partial charge is 0.325 e. The molecule has 0 radical (unpaired) electrons. The lowest BCUT2D eigenvalue weighted by Crippen LogP contribution is -2.57. The van der Waals surface area contributed by atoms with E-state index in [-0.39, 0.29) is 13.0 Å². The molecule has 1 aliphatic heterocycles. The van der Waals surface area contributed by atoms with Gasteiger partial charge in [-0.25, -0.2) is 0 Å². The van der Waals surface area contributed by atoms with Gasteiger partial charge in [0, 0.05) is 23.5 Å². The Morgan fingerprint density at radius 1 is 1.31 bits per heavy atom. The molecule has 1 aromatic heterocycles. The lowest BCUT2D eigenvalue weighted by atomic mass is 10.00. The highest BCUT2D eigenvalue weighted by atomic mass is 16.7. The first-order valence-electron chi connectivity index (χ1n) is 8.23. The van der Waals surface area contributed by atoms with Gasteiger partial charge in [0.25, 0.3) is 0 Å². The van der Waals surface area contributed by atoms with Gasteiger partial charge >= 0.3 is 5.97 Å². The van der Waals surface area contributed by atoms with Crippen LogP contribution >= 0.6 is 0 Å². The predicted octanol–water partition coefficient (Wildman–Crippen LogP) is -1.62. The number of hydrogen-bond donors (Lipinski definition) is 6. The average molecular weight is 366 g/mol. The summed E-state index contributed by atoms with van der Waals surface area (Å²) in [6, 6.07) is 6.50. The molecule has 2 heterocycles. The summed E-state index contributed by atoms with van der Waals surface area (Å²) in [6.45, 7) is -0.307. The second-order valence-electron chi connectivity index (χ2n) is 6.34. The van der Waals surface area contributed by atoms with E-state index in [0.29, 0.717) is 0 Å². The number of ether oxygens (including phenoxy) is 2. The van der Waals surface area contributed by atoms with Crippen LogP contribution in [0.5, 0.6) is 0 Å². The fourth-order valence-corrected chi connectivity index (χ4v) is 2.97. The minimum Gasteiger partial charge on any atom is -0.432 e. The second-order valence-corrected chi connectivity index (χ2v) is 6.34. The first-order valence-corrected chi connectivity index (χ1v) is 8.23. The van der Waals surface area contributed by atoms with E-state index < -0.39 is 42.7 Å². The van der Waals surface area contributed by atoms with Crippen molar-refractivity contribution in [3.63, 3.8) is 0 Å². The van der Waals surface area contributed by atoms with Crippen LogP contribution in [0.2, 0.25) is 0 Å². The van der Waals surface area contributed by atoms with Crippen LogP contribution in [0.4, 0.5) is 0 Å². The third kappa shape index (κ3) is 3.73. The molecule has 2 aromatic rings. The minimum atomic E-state index is -1.83. The van der Waals surface area contributed by atoms with E-state index in [9.17, 15) is 25.2 Å². The molecule has 6 atom stereocenters. The van der Waals surface area contributed by atoms with Gasteiger partial charge in [-0.05, 0) is 11.6 Å². The van der Waals surface area contributed by atoms with Crippen molar-refractivity contribution >= 4 is 16.9 Å². The van der Waals surface area contributed by atoms with Gasteiger partial charge in [-0.15, -0.1) is 0 Å². The highest BCUT2D eigenvalue weighted by Crippen LogP contribution is 2.21. The number of aromatic amines is 1. The summed E-state index contributed by atoms with van der Waals surface area (Å²) in [4.78, 5) is 15.2. The van der Waals surface area contributed by atoms with Crippen LogP contribution in [0.3, 0.4) is 0 Å². The van der Waals surface area contributed by atoms with Crippen molar-refractivity contribution in [2.75, 3.05) is 6.61 Å². The number of benzene rings is 1. The lowest BCUT2D eigenvalue weighted by molar-refractivity contribution is -0.255. The van der Waals surface area contributed by atoms with Crippen LogP contribution in [0.15, 0.2) is 30.5 Å². The number of H-pyrrole nitrogens is 1. The molecule has 1 aliphatic rings. The van der Waals surface area contributed by atoms with Crippen LogP contribution in [0, 0.1) is 0 Å². The van der Waals surface area contributed by atoms with E-state index in [4.69, 9.17) is 15.2 Å². The zero-order chi connectivity index (χ0) is 18.8. The summed E-state index contributed by atoms with van der Waals surface area (Å²) in [5.74, 6) is -0.876. The van der Waals surface area contributed by atoms with Crippen molar-refractivity contribution in [2.45, 2.75) is 43.2 Å². The Balaban J connectivity index is 1.60. The van der Waals surface area contributed by atoms with Gasteiger partial charge in [-0.1, -0.05) is 18.2 Å². The summed E-state index contributed by atoms with van der Waals surface area (Å²) in [6.07, 6.45) is -5.67. The number of aliphatic hydroxyl groups excluding tert-OH is 4. The van der Waals surface area contributed by atoms with Crippen LogP contribution < -0.4 is 5.73 Å². The largest absolute Gasteiger partial charge is 0.432 e. The molecule has 0 aliphatic carbocycles. The maximum absolute atomic E-state index is 12.1. The number of hydrogen-bond acceptors (Lipinski definition) is 8. The maximum atomic E-state index is 12.1. The van der Waals surface area contributed by atoms with Gasteiger partial charge in [-0.3, -0.25) is 4.79 Å². The van der Waals surface area contributed by atoms with Gasteiger partial charge in [0.2, 0.25) is 6.29 Å². The van der Waals surface area contributed by atoms with Crippen LogP contribution in [-0.2, 0) is 20.7 Å². The summed E-state index contributed by atoms with van der Waals surface area (Å²) in [7, 11) is 0. The number of carbonyl (C=O) groups is 1. The molecule has 9 heteroatoms. The summed E-state index contributed by atoms with van der Waals surface area (Å²) in [5.41, 5.74) is 7.61. The Labute approximate surface area is 149 Å². The SMILES string of the molecule is N[C@@H](Cc1c[nH]c2ccccc12)C(=O)OC(O)C1OC[C@@H](O)[C@@H](O)[C@@H]1O. The molecule has 1 fully saturated rings. The zero-order valence-electron chi connectivity index (χ0n) is 13.9. The number of fused-ring (bicyclic) bond motifs is 1. The first kappa shape index (κ1) is 18.8. The van der Waals surface area contributed by atoms with E-state index in [2.05, 4.69) is 4.98 Å². The highest BCUT2D eigenvalue weighted by Gasteiger charge is 2.43. The third-order valence-electron chi connectivity index (χ3n) is 4.48. The van der Waals surface area contributed by atoms with Crippen molar-refractivity contribution in [3.8, 4) is 0 Å². The molecule has 0 spiro atoms. The van der Waals surface area contributed by atoms with Crippen molar-refractivity contribution in [1.82, 2.24) is 4.98 Å². The van der Waals surface area contributed by atoms with Crippen LogP contribution in [0.1, 0.15) is 5.56 Å². The summed E-state index contributed by atoms with van der Waals surface area (Å²) >= 11 is 0. The molecule has 0 bridgehead atoms. The second kappa shape index (κ2) is 7.70. The molecular formula is C17H22N2O7. The minimum absolute atomic E-state index is 0.185. The van der Waals surface area contributed by atoms with E-state index in [0.717, 1.165) is 16.5 Å². The monoisotopic (exact) mass is 366 g/mol. The van der Waals surface area contributed by atoms with Crippen LogP contribution in [-0.4, -0.2) is 74.7 Å². The molecule has 142 valence electrons. The average Bonchev–Trinajstić information content (AvgIpc) is 3.02. The number of aromatic nitrogens is 1. The normalized spacial score (nSPS) is 28.7. The maximum Gasteiger partial charge on any atom is 0.325 e. The number of rotatable bonds is 5. The highest BCUT2D eigenvalue weighted by molar-refractivity contribution is 5.84. The molecule has 1 aromatic carbocycles. The lowest BCUT2D eigenvalue weighted by Gasteiger charge is -2.36. The number of nitrogens with one attached hydrogen (secondary N) is 1. The number of aliphatic hydroxyl groups is 4. The van der Waals surface area contributed by atoms with Gasteiger partial charge in [0.1, 0.15) is 30.5 Å². The van der Waals surface area contributed by atoms with E-state index in [1.807, 2.05) is 24.3 Å². The Kier molecular flexibility index (Phi) is 5.56. The Morgan fingerprint density at radius 3 is 2.81 bits per heavy atom. The summed E-state index contributed by atoms with van der Waals surface area (Å²) < 4.78 is 9.92. The zero-order valence-corrected chi connectivity index (χ0v) is 13.9. The Morgan fingerprint density at radius 2 is 2.04 bits per heavy atom. The van der Waals surface area contributed by atoms with Crippen molar-refractivity contribution in [3.05, 3.63) is 36.0 Å². The topological polar surface area (TPSA) is 158 Å². The third-order valence-corrected chi connectivity index (χ3v) is 4.48. The molecule has 3 rings (SSSR count). The van der Waals surface area contributed by atoms with Crippen LogP contribution in [0.25, 0.3) is 10.9 Å². The standard InChI is InChI=1S/C17H22N2O7/c18-10(5-8-6-19-11-4-2-1-3-9(8)11)16(23)26-17(24)15-14(22)13(21)12(20)7-25-15/h1-4,6,10,12-15,17,19-22,24H,5,7,18H2/t10-,12+,13+,14-,15?,17?/m0/s1. The predicted molar refractivity (Wildman–Crippen MR) is 89.8 cm³/mol. The van der Waals surface area contributed by atoms with E-state index >= 15 is 0 Å². The quantitative estimate of drug-likeness (QED) is 0.272. The first-order chi connectivity index (χ1) is 12.4. The van der Waals surface area contributed by atoms with Crippen molar-refractivity contribution in [1.29, 1.82) is 0 Å². The Bertz CT molecular complexity index is 764. The Hall–Kier alpha value is -2.01. The molecule has 0 amide bonds. The number of para-hydroxylation sites is 1. The molecule has 7 N–H and O–H groups in total. The molecule has 2 unspecified atom stereocenters. The summed E-state index contributed by atoms with van der Waals surface area (Å²) in [5, 5.41) is 39.8. The van der Waals surface area contributed by atoms with Gasteiger partial charge in [0.05, 0.1) is 6.61 Å². The van der Waals surface area contributed by atoms with Gasteiger partial charge in [0.15, 0.2) is 0 Å². The number of carbonyl (C=O) groups excluding carboxylic acids is 1. The molecule has 0 saturated carbocycles. The van der Waals surface area contributed by atoms with E-state index in [1.54, 1.807) is 6.20 Å². The molecular weight excluding hydrogens is 344 g/mol. The van der Waals surface area contributed by atoms with Gasteiger partial charge < -0.3 is 40.6 Å². The van der Waals surface area contributed by atoms with Gasteiger partial charge in [-0.2, -0.15) is 0 Å². The number of nitrogens with two attached hydrogens (primary N) is 1. The molecule has 9 nitrogen and oxygen atoms in total. The van der Waals surface area contributed by atoms with E-state index in [1.165, 1.54) is 0 Å². The number of esters is 1. The van der Waals surface area contributed by atoms with Crippen molar-refractivity contribution in [2.24, 2.45) is 5.73 Å². The molecule has 26 heavy (non-hydrogen) atoms. The fourth-order valence-electron chi connectivity index (χ4n) is 2.97.